The van der Waals surface area contributed by atoms with Crippen LogP contribution in [0.15, 0.2) is 449 Å². The van der Waals surface area contributed by atoms with E-state index >= 15 is 0 Å². The fourth-order valence-corrected chi connectivity index (χ4v) is 14.5. The van der Waals surface area contributed by atoms with Crippen LogP contribution in [0.25, 0.3) is 89.0 Å². The van der Waals surface area contributed by atoms with Gasteiger partial charge in [-0.05, 0) is 235 Å². The Kier molecular flexibility index (Phi) is 18.6. The van der Waals surface area contributed by atoms with Gasteiger partial charge in [-0.25, -0.2) is 0 Å². The summed E-state index contributed by atoms with van der Waals surface area (Å²) in [4.78, 5) is 9.41. The molecule has 106 heavy (non-hydrogen) atoms. The molecular weight excluding hydrogens is 1280 g/mol. The zero-order chi connectivity index (χ0) is 70.8. The van der Waals surface area contributed by atoms with Gasteiger partial charge in [0.25, 0.3) is 0 Å². The van der Waals surface area contributed by atoms with E-state index in [1.54, 1.807) is 0 Å². The normalized spacial score (nSPS) is 11.0. The summed E-state index contributed by atoms with van der Waals surface area (Å²) in [5.41, 5.74) is 31.4. The largest absolute Gasteiger partial charge is 0.311 e. The SMILES string of the molecule is c1ccc(-c2ccc(N(c3ccc(-c4ccc(N(c5cccc(-c6ccccc6)c5)c5cccc(-c6ccccc6)c5)cc4)cc3)c3ccc(-c4ccccc4-c4ccc(N(c5ccccc5)c5ccc(N(c6ccc(-c7ccccc7)cc6)c6ccc(-c7ccccc7)cc6)cc5)cc4)cc3)cc2)cc1. The van der Waals surface area contributed by atoms with Gasteiger partial charge in [-0.3, -0.25) is 0 Å². The second-order valence-electron chi connectivity index (χ2n) is 26.5. The highest BCUT2D eigenvalue weighted by Crippen LogP contribution is 2.45. The van der Waals surface area contributed by atoms with Crippen molar-refractivity contribution in [1.29, 1.82) is 0 Å². The van der Waals surface area contributed by atoms with Gasteiger partial charge in [0.1, 0.15) is 0 Å². The molecule has 0 heterocycles. The summed E-state index contributed by atoms with van der Waals surface area (Å²) < 4.78 is 0. The number of hydrogen-bond acceptors (Lipinski definition) is 4. The summed E-state index contributed by atoms with van der Waals surface area (Å²) >= 11 is 0. The van der Waals surface area contributed by atoms with Crippen LogP contribution < -0.4 is 19.6 Å². The van der Waals surface area contributed by atoms with Gasteiger partial charge in [-0.2, -0.15) is 0 Å². The van der Waals surface area contributed by atoms with Gasteiger partial charge < -0.3 is 19.6 Å². The first kappa shape index (κ1) is 65.3. The van der Waals surface area contributed by atoms with Crippen LogP contribution in [0.5, 0.6) is 0 Å². The van der Waals surface area contributed by atoms with E-state index in [0.29, 0.717) is 0 Å². The van der Waals surface area contributed by atoms with E-state index in [4.69, 9.17) is 0 Å². The van der Waals surface area contributed by atoms with Gasteiger partial charge in [-0.1, -0.05) is 303 Å². The highest BCUT2D eigenvalue weighted by atomic mass is 15.2. The maximum Gasteiger partial charge on any atom is 0.0467 e. The molecule has 0 saturated heterocycles. The minimum Gasteiger partial charge on any atom is -0.311 e. The monoisotopic (exact) mass is 1350 g/mol. The van der Waals surface area contributed by atoms with Crippen LogP contribution in [0, 0.1) is 0 Å². The van der Waals surface area contributed by atoms with Gasteiger partial charge in [0.2, 0.25) is 0 Å². The number of anilines is 12. The molecule has 0 bridgehead atoms. The number of rotatable bonds is 20. The van der Waals surface area contributed by atoms with Gasteiger partial charge in [0, 0.05) is 68.2 Å². The van der Waals surface area contributed by atoms with Crippen LogP contribution in [-0.4, -0.2) is 0 Å². The Balaban J connectivity index is 0.657. The second-order valence-corrected chi connectivity index (χ2v) is 26.5. The maximum atomic E-state index is 2.36. The number of benzene rings is 17. The Hall–Kier alpha value is -14.1. The fraction of sp³-hybridized carbons (Fsp3) is 0. The van der Waals surface area contributed by atoms with Crippen LogP contribution >= 0.6 is 0 Å². The smallest absolute Gasteiger partial charge is 0.0467 e. The maximum absolute atomic E-state index is 2.36. The van der Waals surface area contributed by atoms with E-state index in [1.807, 2.05) is 0 Å². The molecule has 0 atom stereocenters. The molecule has 0 saturated carbocycles. The Morgan fingerprint density at radius 2 is 0.245 bits per heavy atom. The molecule has 17 rings (SSSR count). The summed E-state index contributed by atoms with van der Waals surface area (Å²) in [6.45, 7) is 0. The molecule has 4 heteroatoms. The topological polar surface area (TPSA) is 13.0 Å². The molecule has 4 nitrogen and oxygen atoms in total. The van der Waals surface area contributed by atoms with Crippen LogP contribution in [0.4, 0.5) is 68.2 Å². The minimum atomic E-state index is 1.05. The molecule has 17 aromatic carbocycles. The van der Waals surface area contributed by atoms with Crippen molar-refractivity contribution < 1.29 is 0 Å². The second kappa shape index (κ2) is 30.3. The summed E-state index contributed by atoms with van der Waals surface area (Å²) in [6, 6.07) is 162. The molecule has 17 aromatic rings. The number of hydrogen-bond donors (Lipinski definition) is 0. The third-order valence-corrected chi connectivity index (χ3v) is 19.9. The Morgan fingerprint density at radius 3 is 0.491 bits per heavy atom. The lowest BCUT2D eigenvalue weighted by molar-refractivity contribution is 1.26. The first-order chi connectivity index (χ1) is 52.5. The molecule has 0 unspecified atom stereocenters. The van der Waals surface area contributed by atoms with Gasteiger partial charge in [-0.15, -0.1) is 0 Å². The average Bonchev–Trinajstić information content (AvgIpc) is 0.799. The Morgan fingerprint density at radius 1 is 0.0943 bits per heavy atom. The first-order valence-corrected chi connectivity index (χ1v) is 36.2. The molecule has 0 amide bonds. The van der Waals surface area contributed by atoms with E-state index in [-0.39, 0.29) is 0 Å². The zero-order valence-electron chi connectivity index (χ0n) is 58.5. The van der Waals surface area contributed by atoms with Crippen molar-refractivity contribution in [3.8, 4) is 89.0 Å². The van der Waals surface area contributed by atoms with Crippen molar-refractivity contribution in [2.45, 2.75) is 0 Å². The zero-order valence-corrected chi connectivity index (χ0v) is 58.5. The molecule has 0 aromatic heterocycles. The van der Waals surface area contributed by atoms with Gasteiger partial charge in [0.15, 0.2) is 0 Å². The molecule has 0 aliphatic carbocycles. The summed E-state index contributed by atoms with van der Waals surface area (Å²) in [5, 5.41) is 0. The average molecular weight is 1360 g/mol. The lowest BCUT2D eigenvalue weighted by Crippen LogP contribution is -2.12. The van der Waals surface area contributed by atoms with Crippen molar-refractivity contribution >= 4 is 68.2 Å². The van der Waals surface area contributed by atoms with Crippen LogP contribution in [-0.2, 0) is 0 Å². The van der Waals surface area contributed by atoms with Crippen molar-refractivity contribution in [1.82, 2.24) is 0 Å². The van der Waals surface area contributed by atoms with Gasteiger partial charge in [0.05, 0.1) is 0 Å². The quantitative estimate of drug-likeness (QED) is 0.0754. The summed E-state index contributed by atoms with van der Waals surface area (Å²) in [5.74, 6) is 0. The molecule has 0 aliphatic heterocycles. The summed E-state index contributed by atoms with van der Waals surface area (Å²) in [6.07, 6.45) is 0. The fourth-order valence-electron chi connectivity index (χ4n) is 14.5. The predicted octanol–water partition coefficient (Wildman–Crippen LogP) is 28.9. The third-order valence-electron chi connectivity index (χ3n) is 19.9. The van der Waals surface area contributed by atoms with E-state index in [2.05, 4.69) is 469 Å². The predicted molar refractivity (Wildman–Crippen MR) is 449 cm³/mol. The Labute approximate surface area is 621 Å². The summed E-state index contributed by atoms with van der Waals surface area (Å²) in [7, 11) is 0. The molecule has 0 fully saturated rings. The van der Waals surface area contributed by atoms with E-state index in [0.717, 1.165) is 102 Å². The minimum absolute atomic E-state index is 1.05. The van der Waals surface area contributed by atoms with E-state index in [9.17, 15) is 0 Å². The molecule has 0 N–H and O–H groups in total. The van der Waals surface area contributed by atoms with Gasteiger partial charge >= 0.3 is 0 Å². The van der Waals surface area contributed by atoms with Crippen molar-refractivity contribution in [2.24, 2.45) is 0 Å². The molecule has 0 spiro atoms. The van der Waals surface area contributed by atoms with Crippen LogP contribution in [0.3, 0.4) is 0 Å². The molecule has 502 valence electrons. The van der Waals surface area contributed by atoms with Crippen LogP contribution in [0.2, 0.25) is 0 Å². The van der Waals surface area contributed by atoms with E-state index < -0.39 is 0 Å². The van der Waals surface area contributed by atoms with E-state index in [1.165, 1.54) is 55.6 Å². The van der Waals surface area contributed by atoms with Crippen LogP contribution in [0.1, 0.15) is 0 Å². The molecule has 0 radical (unpaired) electrons. The number of nitrogens with zero attached hydrogens (tertiary/aromatic N) is 4. The molecule has 0 aliphatic rings. The lowest BCUT2D eigenvalue weighted by Gasteiger charge is -2.28. The highest BCUT2D eigenvalue weighted by molar-refractivity contribution is 5.90. The van der Waals surface area contributed by atoms with Crippen molar-refractivity contribution in [2.75, 3.05) is 19.6 Å². The number of para-hydroxylation sites is 1. The van der Waals surface area contributed by atoms with Crippen molar-refractivity contribution in [3.63, 3.8) is 0 Å². The third kappa shape index (κ3) is 14.1. The Bertz CT molecular complexity index is 5560. The van der Waals surface area contributed by atoms with Crippen molar-refractivity contribution in [3.05, 3.63) is 449 Å². The molecular formula is C102H74N4. The first-order valence-electron chi connectivity index (χ1n) is 36.2. The standard InChI is InChI=1S/C102H74N4/c1-7-23-75(24-8-1)80-41-55-90(56-42-80)104(91-61-47-83(48-62-91)84-49-63-96(64-50-84)106(99-37-21-33-87(73-99)78-29-13-4-14-30-78)100-38-22-34-88(74-100)79-31-15-5-16-32-79)95-67-53-86(54-68-95)102-40-20-19-39-101(102)85-51-65-94(66-52-85)103(89-35-17-6-18-36-89)97-69-71-98(72-70-97)105(92-57-43-81(44-58-92)76-25-9-2-10-26-76)93-59-45-82(46-60-93)77-27-11-3-12-28-77/h1-74H. The highest BCUT2D eigenvalue weighted by Gasteiger charge is 2.21. The lowest BCUT2D eigenvalue weighted by atomic mass is 9.94.